The molecule has 0 aliphatic carbocycles. The van der Waals surface area contributed by atoms with E-state index in [1.807, 2.05) is 42.5 Å². The van der Waals surface area contributed by atoms with Gasteiger partial charge in [0.1, 0.15) is 5.75 Å². The number of ether oxygens (including phenoxy) is 1. The quantitative estimate of drug-likeness (QED) is 0.599. The third-order valence-electron chi connectivity index (χ3n) is 5.24. The summed E-state index contributed by atoms with van der Waals surface area (Å²) in [6, 6.07) is 25.1. The SMILES string of the molecule is COc1ccc([C@@H](CCN2C(=O)c3ccccc3C2=O)c2ccccc2)cc1. The van der Waals surface area contributed by atoms with Gasteiger partial charge in [-0.1, -0.05) is 54.6 Å². The third-order valence-corrected chi connectivity index (χ3v) is 5.24. The van der Waals surface area contributed by atoms with Crippen LogP contribution in [-0.4, -0.2) is 30.4 Å². The van der Waals surface area contributed by atoms with E-state index >= 15 is 0 Å². The van der Waals surface area contributed by atoms with E-state index in [-0.39, 0.29) is 17.7 Å². The molecule has 3 aromatic carbocycles. The standard InChI is InChI=1S/C24H21NO3/c1-28-19-13-11-18(12-14-19)20(17-7-3-2-4-8-17)15-16-25-23(26)21-9-5-6-10-22(21)24(25)27/h2-14,20H,15-16H2,1H3/t20-/m0/s1. The lowest BCUT2D eigenvalue weighted by molar-refractivity contribution is 0.0651. The van der Waals surface area contributed by atoms with Gasteiger partial charge in [0, 0.05) is 12.5 Å². The van der Waals surface area contributed by atoms with Crippen LogP contribution in [0.1, 0.15) is 44.2 Å². The van der Waals surface area contributed by atoms with Crippen molar-refractivity contribution in [3.63, 3.8) is 0 Å². The first-order chi connectivity index (χ1) is 13.7. The van der Waals surface area contributed by atoms with Crippen molar-refractivity contribution in [2.24, 2.45) is 0 Å². The maximum atomic E-state index is 12.7. The zero-order chi connectivity index (χ0) is 19.5. The molecule has 3 aromatic rings. The summed E-state index contributed by atoms with van der Waals surface area (Å²) >= 11 is 0. The van der Waals surface area contributed by atoms with E-state index in [1.165, 1.54) is 4.90 Å². The van der Waals surface area contributed by atoms with Gasteiger partial charge >= 0.3 is 0 Å². The average Bonchev–Trinajstić information content (AvgIpc) is 3.00. The lowest BCUT2D eigenvalue weighted by Crippen LogP contribution is -2.31. The van der Waals surface area contributed by atoms with Gasteiger partial charge in [0.05, 0.1) is 18.2 Å². The van der Waals surface area contributed by atoms with Crippen molar-refractivity contribution in [3.8, 4) is 5.75 Å². The van der Waals surface area contributed by atoms with Crippen LogP contribution in [0.4, 0.5) is 0 Å². The molecule has 0 fully saturated rings. The molecule has 0 bridgehead atoms. The number of rotatable bonds is 6. The first-order valence-corrected chi connectivity index (χ1v) is 9.33. The fraction of sp³-hybridized carbons (Fsp3) is 0.167. The van der Waals surface area contributed by atoms with Crippen LogP contribution in [-0.2, 0) is 0 Å². The number of hydrogen-bond acceptors (Lipinski definition) is 3. The molecule has 1 aliphatic heterocycles. The highest BCUT2D eigenvalue weighted by Crippen LogP contribution is 2.31. The first-order valence-electron chi connectivity index (χ1n) is 9.33. The van der Waals surface area contributed by atoms with Crippen molar-refractivity contribution in [2.45, 2.75) is 12.3 Å². The monoisotopic (exact) mass is 371 g/mol. The molecule has 4 nitrogen and oxygen atoms in total. The second kappa shape index (κ2) is 7.69. The summed E-state index contributed by atoms with van der Waals surface area (Å²) in [7, 11) is 1.64. The Morgan fingerprint density at radius 2 is 1.29 bits per heavy atom. The molecule has 1 aliphatic rings. The van der Waals surface area contributed by atoms with E-state index in [9.17, 15) is 9.59 Å². The Bertz CT molecular complexity index is 961. The molecule has 0 aromatic heterocycles. The predicted octanol–water partition coefficient (Wildman–Crippen LogP) is 4.51. The second-order valence-corrected chi connectivity index (χ2v) is 6.83. The Kier molecular flexibility index (Phi) is 4.94. The summed E-state index contributed by atoms with van der Waals surface area (Å²) in [6.07, 6.45) is 0.655. The lowest BCUT2D eigenvalue weighted by Gasteiger charge is -2.21. The molecule has 1 heterocycles. The van der Waals surface area contributed by atoms with E-state index in [0.717, 1.165) is 16.9 Å². The zero-order valence-electron chi connectivity index (χ0n) is 15.7. The largest absolute Gasteiger partial charge is 0.497 e. The van der Waals surface area contributed by atoms with Crippen molar-refractivity contribution in [1.82, 2.24) is 4.90 Å². The van der Waals surface area contributed by atoms with Crippen molar-refractivity contribution in [1.29, 1.82) is 0 Å². The number of amides is 2. The summed E-state index contributed by atoms with van der Waals surface area (Å²) < 4.78 is 5.26. The Balaban J connectivity index is 1.58. The Hall–Kier alpha value is -3.40. The van der Waals surface area contributed by atoms with E-state index in [2.05, 4.69) is 12.1 Å². The van der Waals surface area contributed by atoms with Crippen LogP contribution < -0.4 is 4.74 Å². The maximum absolute atomic E-state index is 12.7. The van der Waals surface area contributed by atoms with E-state index in [4.69, 9.17) is 4.74 Å². The second-order valence-electron chi connectivity index (χ2n) is 6.83. The Morgan fingerprint density at radius 3 is 1.86 bits per heavy atom. The van der Waals surface area contributed by atoms with Gasteiger partial charge in [0.15, 0.2) is 0 Å². The maximum Gasteiger partial charge on any atom is 0.261 e. The van der Waals surface area contributed by atoms with Crippen molar-refractivity contribution >= 4 is 11.8 Å². The molecular formula is C24H21NO3. The summed E-state index contributed by atoms with van der Waals surface area (Å²) in [5.74, 6) is 0.469. The van der Waals surface area contributed by atoms with Gasteiger partial charge in [0.2, 0.25) is 0 Å². The summed E-state index contributed by atoms with van der Waals surface area (Å²) in [4.78, 5) is 26.7. The molecule has 140 valence electrons. The lowest BCUT2D eigenvalue weighted by atomic mass is 9.88. The molecule has 0 unspecified atom stereocenters. The number of hydrogen-bond donors (Lipinski definition) is 0. The fourth-order valence-electron chi connectivity index (χ4n) is 3.75. The van der Waals surface area contributed by atoms with Gasteiger partial charge in [-0.2, -0.15) is 0 Å². The summed E-state index contributed by atoms with van der Waals surface area (Å²) in [6.45, 7) is 0.373. The van der Waals surface area contributed by atoms with Crippen LogP contribution in [0.25, 0.3) is 0 Å². The molecule has 0 saturated carbocycles. The molecule has 0 saturated heterocycles. The van der Waals surface area contributed by atoms with Crippen molar-refractivity contribution in [3.05, 3.63) is 101 Å². The van der Waals surface area contributed by atoms with Crippen LogP contribution in [0.3, 0.4) is 0 Å². The molecule has 28 heavy (non-hydrogen) atoms. The highest BCUT2D eigenvalue weighted by atomic mass is 16.5. The van der Waals surface area contributed by atoms with Crippen LogP contribution in [0.2, 0.25) is 0 Å². The minimum Gasteiger partial charge on any atom is -0.497 e. The minimum atomic E-state index is -0.206. The number of nitrogens with zero attached hydrogens (tertiary/aromatic N) is 1. The van der Waals surface area contributed by atoms with E-state index < -0.39 is 0 Å². The predicted molar refractivity (Wildman–Crippen MR) is 108 cm³/mol. The summed E-state index contributed by atoms with van der Waals surface area (Å²) in [5.41, 5.74) is 3.27. The summed E-state index contributed by atoms with van der Waals surface area (Å²) in [5, 5.41) is 0. The first kappa shape index (κ1) is 18.0. The van der Waals surface area contributed by atoms with Crippen molar-refractivity contribution < 1.29 is 14.3 Å². The smallest absolute Gasteiger partial charge is 0.261 e. The van der Waals surface area contributed by atoms with E-state index in [1.54, 1.807) is 31.4 Å². The highest BCUT2D eigenvalue weighted by Gasteiger charge is 2.35. The van der Waals surface area contributed by atoms with Gasteiger partial charge in [-0.15, -0.1) is 0 Å². The molecule has 1 atom stereocenters. The van der Waals surface area contributed by atoms with Gasteiger partial charge in [-0.3, -0.25) is 14.5 Å². The molecule has 0 radical (unpaired) electrons. The molecule has 0 spiro atoms. The molecular weight excluding hydrogens is 350 g/mol. The topological polar surface area (TPSA) is 46.6 Å². The van der Waals surface area contributed by atoms with Crippen LogP contribution in [0.15, 0.2) is 78.9 Å². The number of fused-ring (bicyclic) bond motifs is 1. The van der Waals surface area contributed by atoms with Crippen LogP contribution in [0.5, 0.6) is 5.75 Å². The number of benzene rings is 3. The Labute approximate surface area is 164 Å². The van der Waals surface area contributed by atoms with Gasteiger partial charge in [0.25, 0.3) is 11.8 Å². The van der Waals surface area contributed by atoms with Crippen LogP contribution >= 0.6 is 0 Å². The number of imide groups is 1. The molecule has 4 heteroatoms. The number of carbonyl (C=O) groups excluding carboxylic acids is 2. The van der Waals surface area contributed by atoms with Crippen LogP contribution in [0, 0.1) is 0 Å². The minimum absolute atomic E-state index is 0.0800. The van der Waals surface area contributed by atoms with Crippen molar-refractivity contribution in [2.75, 3.05) is 13.7 Å². The zero-order valence-corrected chi connectivity index (χ0v) is 15.7. The normalized spacial score (nSPS) is 14.1. The van der Waals surface area contributed by atoms with Gasteiger partial charge in [-0.05, 0) is 41.8 Å². The average molecular weight is 371 g/mol. The van der Waals surface area contributed by atoms with Gasteiger partial charge < -0.3 is 4.74 Å². The number of carbonyl (C=O) groups is 2. The highest BCUT2D eigenvalue weighted by molar-refractivity contribution is 6.21. The van der Waals surface area contributed by atoms with E-state index in [0.29, 0.717) is 24.1 Å². The molecule has 4 rings (SSSR count). The third kappa shape index (κ3) is 3.29. The molecule has 0 N–H and O–H groups in total. The number of methoxy groups -OCH3 is 1. The van der Waals surface area contributed by atoms with Gasteiger partial charge in [-0.25, -0.2) is 0 Å². The molecule has 2 amide bonds. The Morgan fingerprint density at radius 1 is 0.750 bits per heavy atom. The fourth-order valence-corrected chi connectivity index (χ4v) is 3.75.